The minimum absolute atomic E-state index is 0.605. The molecule has 0 aliphatic heterocycles. The number of thiophene rings is 1. The summed E-state index contributed by atoms with van der Waals surface area (Å²) in [4.78, 5) is 15.9. The van der Waals surface area contributed by atoms with Crippen molar-refractivity contribution < 1.29 is 0 Å². The molecule has 0 saturated carbocycles. The molecule has 0 aliphatic carbocycles. The summed E-state index contributed by atoms with van der Waals surface area (Å²) in [6, 6.07) is 84.2. The van der Waals surface area contributed by atoms with Crippen LogP contribution in [0.2, 0.25) is 0 Å². The first kappa shape index (κ1) is 39.2. The minimum Gasteiger partial charge on any atom is -0.308 e. The van der Waals surface area contributed by atoms with Crippen LogP contribution in [0.25, 0.3) is 132 Å². The molecule has 0 bridgehead atoms. The molecule has 69 heavy (non-hydrogen) atoms. The van der Waals surface area contributed by atoms with E-state index in [0.717, 1.165) is 55.8 Å². The van der Waals surface area contributed by atoms with Gasteiger partial charge in [0.1, 0.15) is 0 Å². The van der Waals surface area contributed by atoms with Gasteiger partial charge in [-0.1, -0.05) is 200 Å². The molecule has 0 fully saturated rings. The van der Waals surface area contributed by atoms with Gasteiger partial charge in [-0.3, -0.25) is 0 Å². The summed E-state index contributed by atoms with van der Waals surface area (Å²) in [6.45, 7) is 0. The Balaban J connectivity index is 1.01. The van der Waals surface area contributed by atoms with E-state index in [9.17, 15) is 0 Å². The quantitative estimate of drug-likeness (QED) is 0.160. The Morgan fingerprint density at radius 1 is 0.275 bits per heavy atom. The number of hydrogen-bond donors (Lipinski definition) is 0. The van der Waals surface area contributed by atoms with Gasteiger partial charge in [-0.25, -0.2) is 15.0 Å². The van der Waals surface area contributed by atoms with Crippen molar-refractivity contribution in [1.82, 2.24) is 24.1 Å². The van der Waals surface area contributed by atoms with E-state index in [0.29, 0.717) is 17.5 Å². The second-order valence-corrected chi connectivity index (χ2v) is 18.6. The summed E-state index contributed by atoms with van der Waals surface area (Å²) in [5.41, 5.74) is 14.2. The fourth-order valence-electron chi connectivity index (χ4n) is 10.4. The molecule has 4 aromatic heterocycles. The van der Waals surface area contributed by atoms with Crippen molar-refractivity contribution in [3.05, 3.63) is 237 Å². The van der Waals surface area contributed by atoms with Gasteiger partial charge in [0.25, 0.3) is 0 Å². The van der Waals surface area contributed by atoms with Crippen molar-refractivity contribution in [2.45, 2.75) is 0 Å². The van der Waals surface area contributed by atoms with Crippen LogP contribution in [0.3, 0.4) is 0 Å². The maximum atomic E-state index is 5.35. The lowest BCUT2D eigenvalue weighted by Gasteiger charge is -2.15. The van der Waals surface area contributed by atoms with Crippen LogP contribution in [-0.2, 0) is 0 Å². The van der Waals surface area contributed by atoms with Crippen LogP contribution in [0.1, 0.15) is 0 Å². The zero-order valence-electron chi connectivity index (χ0n) is 37.2. The van der Waals surface area contributed by atoms with Crippen LogP contribution in [0.4, 0.5) is 0 Å². The highest BCUT2D eigenvalue weighted by molar-refractivity contribution is 7.27. The van der Waals surface area contributed by atoms with Crippen molar-refractivity contribution in [3.8, 4) is 67.8 Å². The Hall–Kier alpha value is -8.97. The third-order valence-electron chi connectivity index (χ3n) is 13.6. The molecule has 0 radical (unpaired) electrons. The van der Waals surface area contributed by atoms with Gasteiger partial charge in [-0.15, -0.1) is 11.3 Å². The van der Waals surface area contributed by atoms with Gasteiger partial charge < -0.3 is 9.13 Å². The molecule has 0 N–H and O–H groups in total. The molecular formula is C63H39N5S. The van der Waals surface area contributed by atoms with E-state index in [1.165, 1.54) is 58.3 Å². The van der Waals surface area contributed by atoms with E-state index in [2.05, 4.69) is 234 Å². The third kappa shape index (κ3) is 6.34. The summed E-state index contributed by atoms with van der Waals surface area (Å²) < 4.78 is 7.40. The Morgan fingerprint density at radius 3 is 1.22 bits per heavy atom. The topological polar surface area (TPSA) is 48.5 Å². The van der Waals surface area contributed by atoms with Gasteiger partial charge in [0.2, 0.25) is 0 Å². The highest BCUT2D eigenvalue weighted by Gasteiger charge is 2.24. The molecule has 0 saturated heterocycles. The monoisotopic (exact) mass is 897 g/mol. The first-order valence-corrected chi connectivity index (χ1v) is 24.1. The third-order valence-corrected chi connectivity index (χ3v) is 14.8. The first-order chi connectivity index (χ1) is 34.2. The van der Waals surface area contributed by atoms with Crippen LogP contribution < -0.4 is 0 Å². The minimum atomic E-state index is 0.605. The van der Waals surface area contributed by atoms with E-state index in [-0.39, 0.29) is 0 Å². The summed E-state index contributed by atoms with van der Waals surface area (Å²) >= 11 is 1.89. The Kier molecular flexibility index (Phi) is 9.00. The van der Waals surface area contributed by atoms with Crippen LogP contribution in [0.15, 0.2) is 237 Å². The number of benzene rings is 10. The van der Waals surface area contributed by atoms with Gasteiger partial charge in [-0.2, -0.15) is 0 Å². The summed E-state index contributed by atoms with van der Waals surface area (Å²) in [5, 5.41) is 7.38. The summed E-state index contributed by atoms with van der Waals surface area (Å²) in [7, 11) is 0. The zero-order valence-corrected chi connectivity index (χ0v) is 38.0. The van der Waals surface area contributed by atoms with Crippen molar-refractivity contribution in [3.63, 3.8) is 0 Å². The lowest BCUT2D eigenvalue weighted by atomic mass is 10.0. The number of nitrogens with zero attached hydrogens (tertiary/aromatic N) is 5. The Morgan fingerprint density at radius 2 is 0.667 bits per heavy atom. The van der Waals surface area contributed by atoms with Gasteiger partial charge in [0.15, 0.2) is 17.5 Å². The van der Waals surface area contributed by atoms with Crippen LogP contribution in [0, 0.1) is 0 Å². The smallest absolute Gasteiger partial charge is 0.166 e. The SMILES string of the molecule is c1ccc(-c2ccc(-c3nc(-c4ccc(-c5ccccc5)cc4)nc(-c4ccccc4-n4c5ccccc5c5ccc6c7ccc8c9ccccc9n(-c9ccccc9)c8c7sc6c54)n3)cc2)cc1. The van der Waals surface area contributed by atoms with Crippen molar-refractivity contribution in [1.29, 1.82) is 0 Å². The highest BCUT2D eigenvalue weighted by atomic mass is 32.1. The number of aromatic nitrogens is 5. The molecular weight excluding hydrogens is 859 g/mol. The van der Waals surface area contributed by atoms with Gasteiger partial charge in [0.05, 0.1) is 37.2 Å². The van der Waals surface area contributed by atoms with E-state index in [1.54, 1.807) is 0 Å². The molecule has 14 rings (SSSR count). The number of hydrogen-bond acceptors (Lipinski definition) is 4. The fourth-order valence-corrected chi connectivity index (χ4v) is 11.8. The summed E-state index contributed by atoms with van der Waals surface area (Å²) in [5.74, 6) is 1.83. The van der Waals surface area contributed by atoms with E-state index in [1.807, 2.05) is 23.5 Å². The maximum Gasteiger partial charge on any atom is 0.166 e. The zero-order chi connectivity index (χ0) is 45.4. The van der Waals surface area contributed by atoms with Gasteiger partial charge in [0, 0.05) is 54.7 Å². The lowest BCUT2D eigenvalue weighted by Crippen LogP contribution is -2.03. The molecule has 14 aromatic rings. The Labute approximate surface area is 401 Å². The molecule has 322 valence electrons. The molecule has 4 heterocycles. The molecule has 0 amide bonds. The molecule has 0 atom stereocenters. The maximum absolute atomic E-state index is 5.35. The standard InChI is InChI=1S/C63H39N5S/c1-4-16-40(17-5-1)42-28-32-44(33-29-42)61-64-62(45-34-30-43(31-35-45)41-18-6-2-7-19-41)66-63(65-61)53-24-12-15-27-56(53)68-55-26-14-11-23-48(55)50-37-39-52-51-38-36-49-47-22-10-13-25-54(47)67(46-20-8-3-9-21-46)57(49)59(51)69-60(52)58(50)68/h1-39H. The lowest BCUT2D eigenvalue weighted by molar-refractivity contribution is 1.06. The molecule has 10 aromatic carbocycles. The highest BCUT2D eigenvalue weighted by Crippen LogP contribution is 2.48. The molecule has 6 heteroatoms. The van der Waals surface area contributed by atoms with E-state index < -0.39 is 0 Å². The molecule has 5 nitrogen and oxygen atoms in total. The Bertz CT molecular complexity index is 4170. The van der Waals surface area contributed by atoms with Gasteiger partial charge in [-0.05, 0) is 58.7 Å². The predicted molar refractivity (Wildman–Crippen MR) is 289 cm³/mol. The average molecular weight is 898 g/mol. The largest absolute Gasteiger partial charge is 0.308 e. The normalized spacial score (nSPS) is 11.8. The van der Waals surface area contributed by atoms with Gasteiger partial charge >= 0.3 is 0 Å². The molecule has 0 spiro atoms. The number of rotatable bonds is 7. The van der Waals surface area contributed by atoms with E-state index in [4.69, 9.17) is 15.0 Å². The van der Waals surface area contributed by atoms with Crippen LogP contribution in [0.5, 0.6) is 0 Å². The van der Waals surface area contributed by atoms with Crippen LogP contribution >= 0.6 is 11.3 Å². The first-order valence-electron chi connectivity index (χ1n) is 23.3. The van der Waals surface area contributed by atoms with Crippen LogP contribution in [-0.4, -0.2) is 24.1 Å². The van der Waals surface area contributed by atoms with Crippen molar-refractivity contribution >= 4 is 75.1 Å². The summed E-state index contributed by atoms with van der Waals surface area (Å²) in [6.07, 6.45) is 0. The fraction of sp³-hybridized carbons (Fsp3) is 0. The number of para-hydroxylation sites is 4. The second-order valence-electron chi connectivity index (χ2n) is 17.5. The van der Waals surface area contributed by atoms with Crippen molar-refractivity contribution in [2.24, 2.45) is 0 Å². The van der Waals surface area contributed by atoms with Crippen molar-refractivity contribution in [2.75, 3.05) is 0 Å². The predicted octanol–water partition coefficient (Wildman–Crippen LogP) is 16.8. The molecule has 0 unspecified atom stereocenters. The average Bonchev–Trinajstić information content (AvgIpc) is 4.10. The molecule has 0 aliphatic rings. The second kappa shape index (κ2) is 15.8. The van der Waals surface area contributed by atoms with E-state index >= 15 is 0 Å². The number of fused-ring (bicyclic) bond motifs is 11.